The molecule has 1 aromatic carbocycles. The summed E-state index contributed by atoms with van der Waals surface area (Å²) in [7, 11) is 0. The number of carbonyl (C=O) groups excluding carboxylic acids is 1. The van der Waals surface area contributed by atoms with Crippen molar-refractivity contribution in [3.05, 3.63) is 60.2 Å². The van der Waals surface area contributed by atoms with Gasteiger partial charge in [-0.25, -0.2) is 4.39 Å². The molecule has 0 aliphatic heterocycles. The molecule has 0 saturated heterocycles. The highest BCUT2D eigenvalue weighted by Crippen LogP contribution is 2.17. The fourth-order valence-electron chi connectivity index (χ4n) is 1.87. The maximum atomic E-state index is 13.0. The average Bonchev–Trinajstić information content (AvgIpc) is 2.52. The number of hydrogen-bond acceptors (Lipinski definition) is 4. The molecule has 1 amide bonds. The van der Waals surface area contributed by atoms with Crippen LogP contribution in [0.4, 0.5) is 4.39 Å². The van der Waals surface area contributed by atoms with Crippen molar-refractivity contribution in [2.24, 2.45) is 0 Å². The van der Waals surface area contributed by atoms with Crippen LogP contribution in [0, 0.1) is 5.82 Å². The van der Waals surface area contributed by atoms with Crippen LogP contribution in [-0.4, -0.2) is 29.1 Å². The Morgan fingerprint density at radius 1 is 1.36 bits per heavy atom. The largest absolute Gasteiger partial charge is 0.490 e. The van der Waals surface area contributed by atoms with E-state index in [1.807, 2.05) is 0 Å². The van der Waals surface area contributed by atoms with Gasteiger partial charge in [-0.2, -0.15) is 0 Å². The van der Waals surface area contributed by atoms with Crippen molar-refractivity contribution in [2.75, 3.05) is 13.2 Å². The van der Waals surface area contributed by atoms with E-state index >= 15 is 0 Å². The lowest BCUT2D eigenvalue weighted by Crippen LogP contribution is -2.29. The molecule has 0 fully saturated rings. The van der Waals surface area contributed by atoms with E-state index in [-0.39, 0.29) is 12.3 Å². The van der Waals surface area contributed by atoms with Crippen LogP contribution >= 0.6 is 0 Å². The predicted octanol–water partition coefficient (Wildman–Crippen LogP) is 1.84. The molecule has 1 aromatic heterocycles. The number of ether oxygens (including phenoxy) is 1. The van der Waals surface area contributed by atoms with Crippen LogP contribution in [0.25, 0.3) is 0 Å². The molecule has 0 bridgehead atoms. The van der Waals surface area contributed by atoms with Gasteiger partial charge < -0.3 is 15.2 Å². The van der Waals surface area contributed by atoms with Gasteiger partial charge in [-0.3, -0.25) is 9.78 Å². The van der Waals surface area contributed by atoms with Crippen molar-refractivity contribution >= 4 is 5.91 Å². The van der Waals surface area contributed by atoms with Gasteiger partial charge in [0.25, 0.3) is 0 Å². The average molecular weight is 304 g/mol. The van der Waals surface area contributed by atoms with Crippen molar-refractivity contribution < 1.29 is 19.0 Å². The van der Waals surface area contributed by atoms with Gasteiger partial charge >= 0.3 is 0 Å². The summed E-state index contributed by atoms with van der Waals surface area (Å²) in [6.07, 6.45) is 2.06. The maximum Gasteiger partial charge on any atom is 0.223 e. The molecule has 2 aromatic rings. The summed E-state index contributed by atoms with van der Waals surface area (Å²) < 4.78 is 18.4. The van der Waals surface area contributed by atoms with Gasteiger partial charge in [0.05, 0.1) is 25.3 Å². The Morgan fingerprint density at radius 2 is 2.23 bits per heavy atom. The zero-order valence-corrected chi connectivity index (χ0v) is 11.9. The monoisotopic (exact) mass is 304 g/mol. The Bertz CT molecular complexity index is 607. The molecule has 1 atom stereocenters. The van der Waals surface area contributed by atoms with Crippen LogP contribution in [0.3, 0.4) is 0 Å². The molecule has 6 heteroatoms. The normalized spacial score (nSPS) is 11.7. The molecule has 0 radical (unpaired) electrons. The molecule has 0 spiro atoms. The Morgan fingerprint density at radius 3 is 2.95 bits per heavy atom. The third-order valence-electron chi connectivity index (χ3n) is 2.94. The van der Waals surface area contributed by atoms with E-state index in [9.17, 15) is 14.3 Å². The van der Waals surface area contributed by atoms with Crippen LogP contribution in [0.5, 0.6) is 5.75 Å². The summed E-state index contributed by atoms with van der Waals surface area (Å²) in [4.78, 5) is 15.6. The van der Waals surface area contributed by atoms with Crippen LogP contribution in [0.15, 0.2) is 48.8 Å². The van der Waals surface area contributed by atoms with E-state index in [1.165, 1.54) is 18.2 Å². The van der Waals surface area contributed by atoms with Crippen LogP contribution in [-0.2, 0) is 4.79 Å². The number of rotatable bonds is 7. The second-order valence-electron chi connectivity index (χ2n) is 4.66. The summed E-state index contributed by atoms with van der Waals surface area (Å²) in [5.41, 5.74) is 0.377. The highest BCUT2D eigenvalue weighted by molar-refractivity contribution is 5.76. The summed E-state index contributed by atoms with van der Waals surface area (Å²) in [5.74, 6) is -0.148. The predicted molar refractivity (Wildman–Crippen MR) is 78.7 cm³/mol. The number of pyridine rings is 1. The molecule has 116 valence electrons. The lowest BCUT2D eigenvalue weighted by Gasteiger charge is -2.11. The van der Waals surface area contributed by atoms with Crippen molar-refractivity contribution in [1.29, 1.82) is 0 Å². The highest BCUT2D eigenvalue weighted by Gasteiger charge is 2.13. The minimum Gasteiger partial charge on any atom is -0.490 e. The van der Waals surface area contributed by atoms with E-state index in [4.69, 9.17) is 4.74 Å². The number of aliphatic hydroxyl groups is 1. The fraction of sp³-hybridized carbons (Fsp3) is 0.250. The first kappa shape index (κ1) is 15.9. The molecule has 22 heavy (non-hydrogen) atoms. The molecule has 0 saturated carbocycles. The zero-order valence-electron chi connectivity index (χ0n) is 11.9. The smallest absolute Gasteiger partial charge is 0.223 e. The molecule has 2 rings (SSSR count). The first-order valence-corrected chi connectivity index (χ1v) is 6.88. The Balaban J connectivity index is 1.69. The van der Waals surface area contributed by atoms with E-state index in [0.717, 1.165) is 0 Å². The summed E-state index contributed by atoms with van der Waals surface area (Å²) in [6.45, 7) is 0.608. The van der Waals surface area contributed by atoms with Gasteiger partial charge in [0.2, 0.25) is 5.91 Å². The van der Waals surface area contributed by atoms with Gasteiger partial charge in [-0.05, 0) is 29.8 Å². The molecular weight excluding hydrogens is 287 g/mol. The molecular formula is C16H17FN2O3. The molecule has 0 aliphatic rings. The SMILES string of the molecule is O=C(CC(O)c1cccc(F)c1)NCCOc1cccnc1. The van der Waals surface area contributed by atoms with Gasteiger partial charge in [0.15, 0.2) is 0 Å². The molecule has 2 N–H and O–H groups in total. The lowest BCUT2D eigenvalue weighted by atomic mass is 10.1. The van der Waals surface area contributed by atoms with Gasteiger partial charge in [0.1, 0.15) is 18.2 Å². The second-order valence-corrected chi connectivity index (χ2v) is 4.66. The number of hydrogen-bond donors (Lipinski definition) is 2. The Hall–Kier alpha value is -2.47. The van der Waals surface area contributed by atoms with E-state index in [1.54, 1.807) is 30.6 Å². The van der Waals surface area contributed by atoms with E-state index < -0.39 is 11.9 Å². The van der Waals surface area contributed by atoms with Crippen molar-refractivity contribution in [1.82, 2.24) is 10.3 Å². The summed E-state index contributed by atoms with van der Waals surface area (Å²) in [6, 6.07) is 9.08. The molecule has 1 heterocycles. The van der Waals surface area contributed by atoms with Gasteiger partial charge in [-0.1, -0.05) is 12.1 Å². The third-order valence-corrected chi connectivity index (χ3v) is 2.94. The van der Waals surface area contributed by atoms with Crippen LogP contribution in [0.2, 0.25) is 0 Å². The highest BCUT2D eigenvalue weighted by atomic mass is 19.1. The van der Waals surface area contributed by atoms with Crippen molar-refractivity contribution in [2.45, 2.75) is 12.5 Å². The fourth-order valence-corrected chi connectivity index (χ4v) is 1.87. The lowest BCUT2D eigenvalue weighted by molar-refractivity contribution is -0.123. The number of amides is 1. The van der Waals surface area contributed by atoms with Crippen LogP contribution in [0.1, 0.15) is 18.1 Å². The molecule has 1 unspecified atom stereocenters. The van der Waals surface area contributed by atoms with Crippen molar-refractivity contribution in [3.8, 4) is 5.75 Å². The topological polar surface area (TPSA) is 71.5 Å². The minimum atomic E-state index is -1.03. The molecule has 5 nitrogen and oxygen atoms in total. The van der Waals surface area contributed by atoms with Gasteiger partial charge in [-0.15, -0.1) is 0 Å². The number of nitrogens with one attached hydrogen (secondary N) is 1. The first-order chi connectivity index (χ1) is 10.6. The minimum absolute atomic E-state index is 0.129. The number of aromatic nitrogens is 1. The Labute approximate surface area is 127 Å². The second kappa shape index (κ2) is 8.09. The molecule has 0 aliphatic carbocycles. The quantitative estimate of drug-likeness (QED) is 0.766. The zero-order chi connectivity index (χ0) is 15.8. The number of carbonyl (C=O) groups is 1. The summed E-state index contributed by atoms with van der Waals surface area (Å²) >= 11 is 0. The number of benzene rings is 1. The number of halogens is 1. The van der Waals surface area contributed by atoms with Gasteiger partial charge in [0, 0.05) is 6.20 Å². The van der Waals surface area contributed by atoms with E-state index in [2.05, 4.69) is 10.3 Å². The number of aliphatic hydroxyl groups excluding tert-OH is 1. The Kier molecular flexibility index (Phi) is 5.85. The number of nitrogens with zero attached hydrogens (tertiary/aromatic N) is 1. The third kappa shape index (κ3) is 5.14. The standard InChI is InChI=1S/C16H17FN2O3/c17-13-4-1-3-12(9-13)15(20)10-16(21)19-7-8-22-14-5-2-6-18-11-14/h1-6,9,11,15,20H,7-8,10H2,(H,19,21). The van der Waals surface area contributed by atoms with Crippen molar-refractivity contribution in [3.63, 3.8) is 0 Å². The van der Waals surface area contributed by atoms with E-state index in [0.29, 0.717) is 24.5 Å². The first-order valence-electron chi connectivity index (χ1n) is 6.88. The van der Waals surface area contributed by atoms with Crippen LogP contribution < -0.4 is 10.1 Å². The summed E-state index contributed by atoms with van der Waals surface area (Å²) in [5, 5.41) is 12.5. The maximum absolute atomic E-state index is 13.0.